The van der Waals surface area contributed by atoms with Crippen LogP contribution in [0, 0.1) is 22.1 Å². The molecule has 41 heavy (non-hydrogen) atoms. The first-order chi connectivity index (χ1) is 19.6. The van der Waals surface area contributed by atoms with Gasteiger partial charge in [0.25, 0.3) is 11.8 Å². The van der Waals surface area contributed by atoms with Gasteiger partial charge in [0.2, 0.25) is 0 Å². The van der Waals surface area contributed by atoms with Gasteiger partial charge in [-0.25, -0.2) is 8.78 Å². The van der Waals surface area contributed by atoms with Gasteiger partial charge in [-0.15, -0.1) is 0 Å². The van der Waals surface area contributed by atoms with Crippen LogP contribution in [0.3, 0.4) is 0 Å². The van der Waals surface area contributed by atoms with Crippen molar-refractivity contribution in [3.63, 3.8) is 0 Å². The SMILES string of the molecule is CCCN(CCC)C(=O)c1cc(C)cc(C(=O)N[C@@H](Cc2cc(F)cc(F)c2)[C@H](O)C[NH2+]Cc2cccc(I)c2)c1. The topological polar surface area (TPSA) is 86.2 Å². The molecule has 0 radical (unpaired) electrons. The van der Waals surface area contributed by atoms with E-state index in [1.165, 1.54) is 12.1 Å². The number of carbonyl (C=O) groups is 2. The fourth-order valence-corrected chi connectivity index (χ4v) is 5.45. The lowest BCUT2D eigenvalue weighted by atomic mass is 9.99. The number of quaternary nitrogens is 1. The highest BCUT2D eigenvalue weighted by Crippen LogP contribution is 2.16. The third-order valence-electron chi connectivity index (χ3n) is 6.70. The average molecular weight is 679 g/mol. The quantitative estimate of drug-likeness (QED) is 0.218. The molecule has 2 atom stereocenters. The van der Waals surface area contributed by atoms with Crippen LogP contribution in [0.25, 0.3) is 0 Å². The minimum absolute atomic E-state index is 0.0248. The van der Waals surface area contributed by atoms with E-state index < -0.39 is 29.7 Å². The largest absolute Gasteiger partial charge is 0.385 e. The summed E-state index contributed by atoms with van der Waals surface area (Å²) < 4.78 is 29.0. The summed E-state index contributed by atoms with van der Waals surface area (Å²) in [6.45, 7) is 7.98. The van der Waals surface area contributed by atoms with Gasteiger partial charge < -0.3 is 20.6 Å². The van der Waals surface area contributed by atoms with E-state index in [9.17, 15) is 23.5 Å². The van der Waals surface area contributed by atoms with Gasteiger partial charge in [-0.3, -0.25) is 9.59 Å². The third-order valence-corrected chi connectivity index (χ3v) is 7.37. The molecule has 6 nitrogen and oxygen atoms in total. The molecule has 220 valence electrons. The van der Waals surface area contributed by atoms with E-state index in [0.717, 1.165) is 33.6 Å². The highest BCUT2D eigenvalue weighted by molar-refractivity contribution is 14.1. The number of halogens is 3. The Bertz CT molecular complexity index is 1310. The zero-order valence-corrected chi connectivity index (χ0v) is 26.0. The van der Waals surface area contributed by atoms with Crippen molar-refractivity contribution >= 4 is 34.4 Å². The zero-order chi connectivity index (χ0) is 29.9. The van der Waals surface area contributed by atoms with Crippen molar-refractivity contribution in [3.8, 4) is 0 Å². The molecule has 0 saturated carbocycles. The number of nitrogens with zero attached hydrogens (tertiary/aromatic N) is 1. The number of hydrogen-bond acceptors (Lipinski definition) is 3. The Morgan fingerprint density at radius 1 is 0.951 bits per heavy atom. The van der Waals surface area contributed by atoms with Gasteiger partial charge in [0.15, 0.2) is 0 Å². The second kappa shape index (κ2) is 15.9. The first-order valence-corrected chi connectivity index (χ1v) is 15.1. The Morgan fingerprint density at radius 3 is 2.24 bits per heavy atom. The van der Waals surface area contributed by atoms with Gasteiger partial charge in [0.05, 0.1) is 6.04 Å². The van der Waals surface area contributed by atoms with E-state index >= 15 is 0 Å². The lowest BCUT2D eigenvalue weighted by Gasteiger charge is -2.24. The van der Waals surface area contributed by atoms with Crippen molar-refractivity contribution in [2.75, 3.05) is 19.6 Å². The maximum absolute atomic E-state index is 13.9. The van der Waals surface area contributed by atoms with E-state index in [4.69, 9.17) is 0 Å². The number of carbonyl (C=O) groups excluding carboxylic acids is 2. The van der Waals surface area contributed by atoms with Crippen LogP contribution in [0.2, 0.25) is 0 Å². The Hall–Kier alpha value is -2.89. The fraction of sp³-hybridized carbons (Fsp3) is 0.375. The van der Waals surface area contributed by atoms with Crippen LogP contribution < -0.4 is 10.6 Å². The Morgan fingerprint density at radius 2 is 1.61 bits per heavy atom. The first kappa shape index (κ1) is 32.6. The molecule has 0 saturated heterocycles. The van der Waals surface area contributed by atoms with Gasteiger partial charge in [0, 0.05) is 39.4 Å². The van der Waals surface area contributed by atoms with Gasteiger partial charge >= 0.3 is 0 Å². The van der Waals surface area contributed by atoms with Crippen LogP contribution in [-0.2, 0) is 13.0 Å². The van der Waals surface area contributed by atoms with Crippen LogP contribution in [0.5, 0.6) is 0 Å². The zero-order valence-electron chi connectivity index (χ0n) is 23.8. The second-order valence-electron chi connectivity index (χ2n) is 10.4. The van der Waals surface area contributed by atoms with E-state index in [-0.39, 0.29) is 24.4 Å². The molecule has 0 aliphatic carbocycles. The third kappa shape index (κ3) is 10.2. The van der Waals surface area contributed by atoms with Crippen LogP contribution in [0.15, 0.2) is 60.7 Å². The Labute approximate surface area is 254 Å². The molecule has 0 aliphatic heterocycles. The summed E-state index contributed by atoms with van der Waals surface area (Å²) in [6, 6.07) is 15.4. The molecular formula is C32H39F2IN3O3+. The number of hydrogen-bond donors (Lipinski definition) is 3. The van der Waals surface area contributed by atoms with Crippen LogP contribution in [0.4, 0.5) is 8.78 Å². The summed E-state index contributed by atoms with van der Waals surface area (Å²) in [5.74, 6) is -2.06. The fourth-order valence-electron chi connectivity index (χ4n) is 4.84. The summed E-state index contributed by atoms with van der Waals surface area (Å²) >= 11 is 2.24. The normalized spacial score (nSPS) is 12.6. The number of amides is 2. The predicted molar refractivity (Wildman–Crippen MR) is 165 cm³/mol. The molecule has 3 aromatic rings. The number of benzene rings is 3. The molecule has 9 heteroatoms. The number of aryl methyl sites for hydroxylation is 1. The van der Waals surface area contributed by atoms with Gasteiger partial charge in [-0.1, -0.05) is 26.0 Å². The van der Waals surface area contributed by atoms with E-state index in [1.807, 2.05) is 44.3 Å². The molecule has 2 amide bonds. The molecule has 0 spiro atoms. The van der Waals surface area contributed by atoms with Crippen LogP contribution in [-0.4, -0.2) is 53.6 Å². The summed E-state index contributed by atoms with van der Waals surface area (Å²) in [4.78, 5) is 28.5. The van der Waals surface area contributed by atoms with E-state index in [2.05, 4.69) is 34.0 Å². The predicted octanol–water partition coefficient (Wildman–Crippen LogP) is 4.61. The van der Waals surface area contributed by atoms with Crippen LogP contribution in [0.1, 0.15) is 64.1 Å². The molecule has 4 N–H and O–H groups in total. The van der Waals surface area contributed by atoms with Gasteiger partial charge in [-0.05, 0) is 102 Å². The minimum Gasteiger partial charge on any atom is -0.385 e. The molecule has 0 unspecified atom stereocenters. The van der Waals surface area contributed by atoms with Crippen LogP contribution >= 0.6 is 22.6 Å². The van der Waals surface area contributed by atoms with Crippen molar-refractivity contribution in [3.05, 3.63) is 104 Å². The minimum atomic E-state index is -1.01. The lowest BCUT2D eigenvalue weighted by Crippen LogP contribution is -2.85. The van der Waals surface area contributed by atoms with Crippen molar-refractivity contribution in [1.82, 2.24) is 10.2 Å². The maximum atomic E-state index is 13.9. The standard InChI is InChI=1S/C32H38F2IN3O3/c1-4-9-38(10-5-2)32(41)25-12-21(3)11-24(17-25)31(40)37-29(16-23-13-26(33)18-27(34)14-23)30(39)20-36-19-22-7-6-8-28(35)15-22/h6-8,11-15,17-18,29-30,36,39H,4-5,9-10,16,19-20H2,1-3H3,(H,37,40)/p+1/t29-,30+/m0/s1. The number of nitrogens with two attached hydrogens (primary N) is 1. The summed E-state index contributed by atoms with van der Waals surface area (Å²) in [5, 5.41) is 15.9. The van der Waals surface area contributed by atoms with E-state index in [0.29, 0.717) is 30.8 Å². The lowest BCUT2D eigenvalue weighted by molar-refractivity contribution is -0.676. The van der Waals surface area contributed by atoms with E-state index in [1.54, 1.807) is 23.1 Å². The summed E-state index contributed by atoms with van der Waals surface area (Å²) in [6.07, 6.45) is 0.664. The molecule has 0 fully saturated rings. The molecule has 3 rings (SSSR count). The molecule has 0 aliphatic rings. The monoisotopic (exact) mass is 678 g/mol. The van der Waals surface area contributed by atoms with Gasteiger partial charge in [-0.2, -0.15) is 0 Å². The maximum Gasteiger partial charge on any atom is 0.253 e. The summed E-state index contributed by atoms with van der Waals surface area (Å²) in [5.41, 5.74) is 2.87. The number of nitrogens with one attached hydrogen (secondary N) is 1. The van der Waals surface area contributed by atoms with Crippen molar-refractivity contribution in [2.24, 2.45) is 0 Å². The second-order valence-corrected chi connectivity index (χ2v) is 11.6. The summed E-state index contributed by atoms with van der Waals surface area (Å²) in [7, 11) is 0. The molecular weight excluding hydrogens is 639 g/mol. The number of aliphatic hydroxyl groups excluding tert-OH is 1. The molecule has 0 bridgehead atoms. The van der Waals surface area contributed by atoms with Crippen molar-refractivity contribution < 1.29 is 28.8 Å². The Kier molecular flexibility index (Phi) is 12.7. The smallest absolute Gasteiger partial charge is 0.253 e. The highest BCUT2D eigenvalue weighted by atomic mass is 127. The number of aliphatic hydroxyl groups is 1. The first-order valence-electron chi connectivity index (χ1n) is 14.0. The Balaban J connectivity index is 1.81. The molecule has 0 heterocycles. The number of rotatable bonds is 14. The molecule has 0 aromatic heterocycles. The van der Waals surface area contributed by atoms with Crippen molar-refractivity contribution in [1.29, 1.82) is 0 Å². The highest BCUT2D eigenvalue weighted by Gasteiger charge is 2.25. The van der Waals surface area contributed by atoms with Gasteiger partial charge in [0.1, 0.15) is 30.8 Å². The van der Waals surface area contributed by atoms with Crippen molar-refractivity contribution in [2.45, 2.75) is 58.7 Å². The average Bonchev–Trinajstić information content (AvgIpc) is 2.91. The molecule has 3 aromatic carbocycles.